The molecule has 0 saturated heterocycles. The van der Waals surface area contributed by atoms with E-state index in [-0.39, 0.29) is 18.4 Å². The third-order valence-electron chi connectivity index (χ3n) is 2.74. The molecule has 0 atom stereocenters. The first-order valence-corrected chi connectivity index (χ1v) is 6.53. The van der Waals surface area contributed by atoms with Crippen molar-refractivity contribution in [1.82, 2.24) is 20.8 Å². The molecule has 1 aromatic carbocycles. The van der Waals surface area contributed by atoms with Gasteiger partial charge in [0.25, 0.3) is 0 Å². The minimum atomic E-state index is -4.67. The van der Waals surface area contributed by atoms with Gasteiger partial charge in [-0.2, -0.15) is 18.2 Å². The number of rotatable bonds is 5. The van der Waals surface area contributed by atoms with E-state index in [9.17, 15) is 18.0 Å². The topological polar surface area (TPSA) is 80.0 Å². The second-order valence-electron chi connectivity index (χ2n) is 4.47. The Morgan fingerprint density at radius 2 is 1.96 bits per heavy atom. The third kappa shape index (κ3) is 4.56. The molecule has 0 bridgehead atoms. The van der Waals surface area contributed by atoms with Crippen LogP contribution in [0.4, 0.5) is 18.0 Å². The number of hydrogen-bond acceptors (Lipinski definition) is 4. The van der Waals surface area contributed by atoms with Crippen molar-refractivity contribution in [1.29, 1.82) is 0 Å². The average molecular weight is 326 g/mol. The highest BCUT2D eigenvalue weighted by atomic mass is 19.4. The van der Waals surface area contributed by atoms with Crippen LogP contribution < -0.4 is 10.6 Å². The Bertz CT molecular complexity index is 680. The number of carbonyl (C=O) groups is 1. The Hall–Kier alpha value is -2.84. The number of aromatic nitrogens is 2. The van der Waals surface area contributed by atoms with Gasteiger partial charge in [-0.15, -0.1) is 6.58 Å². The maximum absolute atomic E-state index is 12.4. The second kappa shape index (κ2) is 6.95. The van der Waals surface area contributed by atoms with Crippen molar-refractivity contribution >= 4 is 6.03 Å². The van der Waals surface area contributed by atoms with Crippen molar-refractivity contribution in [2.24, 2.45) is 0 Å². The first-order valence-electron chi connectivity index (χ1n) is 6.53. The maximum Gasteiger partial charge on any atom is 0.471 e. The van der Waals surface area contributed by atoms with E-state index >= 15 is 0 Å². The number of nitrogens with zero attached hydrogens (tertiary/aromatic N) is 2. The fraction of sp³-hybridized carbons (Fsp3) is 0.214. The van der Waals surface area contributed by atoms with Crippen LogP contribution in [0.3, 0.4) is 0 Å². The highest BCUT2D eigenvalue weighted by Crippen LogP contribution is 2.29. The molecule has 122 valence electrons. The van der Waals surface area contributed by atoms with Crippen LogP contribution in [-0.2, 0) is 12.7 Å². The first-order chi connectivity index (χ1) is 10.9. The predicted octanol–water partition coefficient (Wildman–Crippen LogP) is 2.74. The van der Waals surface area contributed by atoms with Gasteiger partial charge in [-0.25, -0.2) is 4.79 Å². The second-order valence-corrected chi connectivity index (χ2v) is 4.47. The summed E-state index contributed by atoms with van der Waals surface area (Å²) in [5.74, 6) is -1.54. The molecular weight excluding hydrogens is 313 g/mol. The van der Waals surface area contributed by atoms with Crippen molar-refractivity contribution in [2.45, 2.75) is 12.7 Å². The number of urea groups is 1. The van der Waals surface area contributed by atoms with Crippen LogP contribution >= 0.6 is 0 Å². The number of alkyl halides is 3. The van der Waals surface area contributed by atoms with E-state index in [2.05, 4.69) is 31.9 Å². The summed E-state index contributed by atoms with van der Waals surface area (Å²) in [7, 11) is 0. The van der Waals surface area contributed by atoms with Crippen LogP contribution in [0.1, 0.15) is 11.5 Å². The molecule has 0 radical (unpaired) electrons. The van der Waals surface area contributed by atoms with Crippen molar-refractivity contribution in [3.05, 3.63) is 48.4 Å². The van der Waals surface area contributed by atoms with Crippen LogP contribution in [0.25, 0.3) is 11.4 Å². The third-order valence-corrected chi connectivity index (χ3v) is 2.74. The summed E-state index contributed by atoms with van der Waals surface area (Å²) in [5.41, 5.74) is 1.14. The van der Waals surface area contributed by atoms with Crippen LogP contribution in [0.5, 0.6) is 0 Å². The molecule has 2 aromatic rings. The van der Waals surface area contributed by atoms with E-state index < -0.39 is 12.1 Å². The van der Waals surface area contributed by atoms with Crippen LogP contribution in [0, 0.1) is 0 Å². The number of hydrogen-bond donors (Lipinski definition) is 2. The van der Waals surface area contributed by atoms with Gasteiger partial charge in [0.15, 0.2) is 0 Å². The minimum Gasteiger partial charge on any atom is -0.335 e. The number of halogens is 3. The molecule has 1 aromatic heterocycles. The summed E-state index contributed by atoms with van der Waals surface area (Å²) in [6.07, 6.45) is -3.12. The highest BCUT2D eigenvalue weighted by Gasteiger charge is 2.38. The van der Waals surface area contributed by atoms with Crippen molar-refractivity contribution in [3.63, 3.8) is 0 Å². The van der Waals surface area contributed by atoms with E-state index in [4.69, 9.17) is 0 Å². The monoisotopic (exact) mass is 326 g/mol. The average Bonchev–Trinajstić information content (AvgIpc) is 3.01. The fourth-order valence-electron chi connectivity index (χ4n) is 1.64. The van der Waals surface area contributed by atoms with Crippen molar-refractivity contribution < 1.29 is 22.5 Å². The molecule has 0 aliphatic heterocycles. The lowest BCUT2D eigenvalue weighted by Crippen LogP contribution is -2.34. The molecule has 1 heterocycles. The zero-order chi connectivity index (χ0) is 16.9. The van der Waals surface area contributed by atoms with Crippen molar-refractivity contribution in [2.75, 3.05) is 6.54 Å². The fourth-order valence-corrected chi connectivity index (χ4v) is 1.64. The Morgan fingerprint density at radius 1 is 1.26 bits per heavy atom. The molecule has 0 unspecified atom stereocenters. The van der Waals surface area contributed by atoms with Gasteiger partial charge in [0.2, 0.25) is 5.82 Å². The van der Waals surface area contributed by atoms with Gasteiger partial charge in [-0.3, -0.25) is 0 Å². The molecule has 0 saturated carbocycles. The van der Waals surface area contributed by atoms with Gasteiger partial charge in [-0.05, 0) is 5.56 Å². The molecule has 0 aliphatic rings. The molecule has 0 fully saturated rings. The summed E-state index contributed by atoms with van der Waals surface area (Å²) in [6.45, 7) is 4.09. The largest absolute Gasteiger partial charge is 0.471 e. The number of nitrogens with one attached hydrogen (secondary N) is 2. The summed E-state index contributed by atoms with van der Waals surface area (Å²) >= 11 is 0. The van der Waals surface area contributed by atoms with Gasteiger partial charge in [0.1, 0.15) is 0 Å². The van der Waals surface area contributed by atoms with Crippen LogP contribution in [0.15, 0.2) is 41.4 Å². The van der Waals surface area contributed by atoms with E-state index in [0.29, 0.717) is 12.1 Å². The van der Waals surface area contributed by atoms with E-state index in [1.807, 2.05) is 0 Å². The first kappa shape index (κ1) is 16.5. The Balaban J connectivity index is 1.98. The molecular formula is C14H13F3N4O2. The lowest BCUT2D eigenvalue weighted by atomic mass is 10.1. The minimum absolute atomic E-state index is 0.152. The Kier molecular flexibility index (Phi) is 4.99. The standard InChI is InChI=1S/C14H13F3N4O2/c1-2-7-18-13(22)19-8-9-3-5-10(6-4-9)11-20-12(23-21-11)14(15,16)17/h2-6H,1,7-8H2,(H2,18,19,22). The molecule has 23 heavy (non-hydrogen) atoms. The highest BCUT2D eigenvalue weighted by molar-refractivity contribution is 5.74. The van der Waals surface area contributed by atoms with Gasteiger partial charge in [-0.1, -0.05) is 35.5 Å². The molecule has 2 rings (SSSR count). The predicted molar refractivity (Wildman–Crippen MR) is 75.2 cm³/mol. The van der Waals surface area contributed by atoms with Crippen LogP contribution in [-0.4, -0.2) is 22.7 Å². The van der Waals surface area contributed by atoms with Crippen LogP contribution in [0.2, 0.25) is 0 Å². The van der Waals surface area contributed by atoms with Gasteiger partial charge in [0, 0.05) is 18.7 Å². The van der Waals surface area contributed by atoms with Gasteiger partial charge < -0.3 is 15.2 Å². The Labute approximate surface area is 129 Å². The summed E-state index contributed by atoms with van der Waals surface area (Å²) in [6, 6.07) is 6.04. The number of benzene rings is 1. The number of carbonyl (C=O) groups excluding carboxylic acids is 1. The van der Waals surface area contributed by atoms with Crippen molar-refractivity contribution in [3.8, 4) is 11.4 Å². The lowest BCUT2D eigenvalue weighted by Gasteiger charge is -2.06. The molecule has 0 aliphatic carbocycles. The lowest BCUT2D eigenvalue weighted by molar-refractivity contribution is -0.159. The quantitative estimate of drug-likeness (QED) is 0.828. The summed E-state index contributed by atoms with van der Waals surface area (Å²) in [4.78, 5) is 14.6. The molecule has 9 heteroatoms. The van der Waals surface area contributed by atoms with E-state index in [1.165, 1.54) is 0 Å². The molecule has 2 N–H and O–H groups in total. The van der Waals surface area contributed by atoms with E-state index in [0.717, 1.165) is 5.56 Å². The van der Waals surface area contributed by atoms with E-state index in [1.54, 1.807) is 30.3 Å². The number of amides is 2. The SMILES string of the molecule is C=CCNC(=O)NCc1ccc(-c2noc(C(F)(F)F)n2)cc1. The summed E-state index contributed by atoms with van der Waals surface area (Å²) in [5, 5.41) is 8.47. The molecule has 6 nitrogen and oxygen atoms in total. The maximum atomic E-state index is 12.4. The van der Waals surface area contributed by atoms with Gasteiger partial charge in [0.05, 0.1) is 0 Å². The molecule has 2 amide bonds. The normalized spacial score (nSPS) is 11.1. The smallest absolute Gasteiger partial charge is 0.335 e. The Morgan fingerprint density at radius 3 is 2.52 bits per heavy atom. The van der Waals surface area contributed by atoms with Gasteiger partial charge >= 0.3 is 18.1 Å². The summed E-state index contributed by atoms with van der Waals surface area (Å²) < 4.78 is 41.4. The molecule has 0 spiro atoms. The zero-order valence-electron chi connectivity index (χ0n) is 11.9. The zero-order valence-corrected chi connectivity index (χ0v) is 11.9.